The molecule has 1 aliphatic heterocycles. The lowest BCUT2D eigenvalue weighted by molar-refractivity contribution is -0.128. The molecule has 2 heterocycles. The summed E-state index contributed by atoms with van der Waals surface area (Å²) in [5, 5.41) is 12.8. The number of likely N-dealkylation sites (tertiary alicyclic amines) is 1. The Hall–Kier alpha value is -2.48. The van der Waals surface area contributed by atoms with E-state index in [1.807, 2.05) is 24.3 Å². The second kappa shape index (κ2) is 8.26. The number of amides is 2. The third kappa shape index (κ3) is 4.01. The predicted molar refractivity (Wildman–Crippen MR) is 106 cm³/mol. The topological polar surface area (TPSA) is 84.4 Å². The van der Waals surface area contributed by atoms with Gasteiger partial charge in [-0.05, 0) is 18.9 Å². The Morgan fingerprint density at radius 1 is 1.29 bits per heavy atom. The quantitative estimate of drug-likeness (QED) is 0.805. The molecule has 1 aliphatic carbocycles. The number of hydrogen-bond donors (Lipinski definition) is 1. The zero-order chi connectivity index (χ0) is 19.5. The Morgan fingerprint density at radius 3 is 2.86 bits per heavy atom. The summed E-state index contributed by atoms with van der Waals surface area (Å²) in [6.45, 7) is 0.842. The van der Waals surface area contributed by atoms with Crippen LogP contribution < -0.4 is 10.1 Å². The summed E-state index contributed by atoms with van der Waals surface area (Å²) < 4.78 is 5.36. The van der Waals surface area contributed by atoms with Crippen molar-refractivity contribution in [3.8, 4) is 5.75 Å². The highest BCUT2D eigenvalue weighted by molar-refractivity contribution is 7.15. The molecule has 1 unspecified atom stereocenters. The first kappa shape index (κ1) is 18.9. The Bertz CT molecular complexity index is 863. The highest BCUT2D eigenvalue weighted by atomic mass is 32.1. The van der Waals surface area contributed by atoms with Crippen LogP contribution in [0.5, 0.6) is 5.75 Å². The summed E-state index contributed by atoms with van der Waals surface area (Å²) in [5.41, 5.74) is 0.935. The lowest BCUT2D eigenvalue weighted by Gasteiger charge is -2.18. The molecule has 148 valence electrons. The largest absolute Gasteiger partial charge is 0.496 e. The third-order valence-electron chi connectivity index (χ3n) is 5.51. The number of ether oxygens (including phenoxy) is 1. The van der Waals surface area contributed by atoms with Gasteiger partial charge in [0.05, 0.1) is 13.0 Å². The van der Waals surface area contributed by atoms with E-state index in [0.717, 1.165) is 29.2 Å². The van der Waals surface area contributed by atoms with Gasteiger partial charge in [-0.3, -0.25) is 9.59 Å². The van der Waals surface area contributed by atoms with Crippen molar-refractivity contribution in [2.24, 2.45) is 5.92 Å². The van der Waals surface area contributed by atoms with E-state index < -0.39 is 0 Å². The Labute approximate surface area is 168 Å². The minimum atomic E-state index is -0.374. The molecule has 1 saturated heterocycles. The summed E-state index contributed by atoms with van der Waals surface area (Å²) in [5.74, 6) is 0.671. The van der Waals surface area contributed by atoms with Gasteiger partial charge in [0.25, 0.3) is 0 Å². The van der Waals surface area contributed by atoms with Crippen LogP contribution in [0.3, 0.4) is 0 Å². The van der Waals surface area contributed by atoms with Crippen molar-refractivity contribution in [1.29, 1.82) is 0 Å². The van der Waals surface area contributed by atoms with E-state index >= 15 is 0 Å². The second-order valence-electron chi connectivity index (χ2n) is 7.40. The van der Waals surface area contributed by atoms with Crippen LogP contribution in [-0.4, -0.2) is 40.6 Å². The van der Waals surface area contributed by atoms with Crippen LogP contribution in [0.4, 0.5) is 5.13 Å². The molecule has 4 rings (SSSR count). The van der Waals surface area contributed by atoms with Gasteiger partial charge in [0.1, 0.15) is 10.8 Å². The van der Waals surface area contributed by atoms with Crippen molar-refractivity contribution < 1.29 is 14.3 Å². The fourth-order valence-electron chi connectivity index (χ4n) is 3.97. The molecule has 2 fully saturated rings. The molecule has 28 heavy (non-hydrogen) atoms. The Kier molecular flexibility index (Phi) is 5.57. The first-order valence-corrected chi connectivity index (χ1v) is 10.5. The number of methoxy groups -OCH3 is 1. The third-order valence-corrected chi connectivity index (χ3v) is 6.52. The molecule has 1 atom stereocenters. The van der Waals surface area contributed by atoms with Gasteiger partial charge in [-0.25, -0.2) is 0 Å². The zero-order valence-corrected chi connectivity index (χ0v) is 16.7. The summed E-state index contributed by atoms with van der Waals surface area (Å²) >= 11 is 1.46. The summed E-state index contributed by atoms with van der Waals surface area (Å²) in [6, 6.07) is 7.62. The molecule has 0 radical (unpaired) electrons. The van der Waals surface area contributed by atoms with Crippen molar-refractivity contribution in [1.82, 2.24) is 15.1 Å². The van der Waals surface area contributed by atoms with E-state index in [9.17, 15) is 9.59 Å². The van der Waals surface area contributed by atoms with Crippen LogP contribution in [-0.2, 0) is 16.1 Å². The predicted octanol–water partition coefficient (Wildman–Crippen LogP) is 3.19. The molecular weight excluding hydrogens is 376 g/mol. The fraction of sp³-hybridized carbons (Fsp3) is 0.500. The van der Waals surface area contributed by atoms with E-state index in [-0.39, 0.29) is 24.2 Å². The number of hydrogen-bond acceptors (Lipinski definition) is 6. The highest BCUT2D eigenvalue weighted by Crippen LogP contribution is 2.36. The number of aromatic nitrogens is 2. The number of anilines is 1. The maximum Gasteiger partial charge on any atom is 0.231 e. The van der Waals surface area contributed by atoms with Gasteiger partial charge < -0.3 is 15.0 Å². The molecule has 1 saturated carbocycles. The molecular formula is C20H24N4O3S. The molecule has 1 N–H and O–H groups in total. The maximum atomic E-state index is 12.6. The van der Waals surface area contributed by atoms with Gasteiger partial charge in [-0.1, -0.05) is 42.4 Å². The summed E-state index contributed by atoms with van der Waals surface area (Å²) in [4.78, 5) is 26.8. The van der Waals surface area contributed by atoms with E-state index in [0.29, 0.717) is 24.1 Å². The average molecular weight is 401 g/mol. The molecule has 1 aromatic carbocycles. The molecule has 2 amide bonds. The molecule has 1 aromatic heterocycles. The minimum absolute atomic E-state index is 0.0186. The first-order valence-electron chi connectivity index (χ1n) is 9.68. The second-order valence-corrected chi connectivity index (χ2v) is 8.41. The number of carbonyl (C=O) groups is 2. The van der Waals surface area contributed by atoms with E-state index in [4.69, 9.17) is 4.74 Å². The minimum Gasteiger partial charge on any atom is -0.496 e. The molecule has 7 nitrogen and oxygen atoms in total. The number of nitrogens with one attached hydrogen (secondary N) is 1. The van der Waals surface area contributed by atoms with E-state index in [1.165, 1.54) is 24.2 Å². The molecule has 0 spiro atoms. The Balaban J connectivity index is 1.36. The smallest absolute Gasteiger partial charge is 0.231 e. The lowest BCUT2D eigenvalue weighted by Crippen LogP contribution is -2.28. The molecule has 2 aromatic rings. The SMILES string of the molecule is COc1ccccc1CN1CC(C(=O)Nc2nnc(C3CCCC3)s2)CC1=O. The van der Waals surface area contributed by atoms with Crippen molar-refractivity contribution >= 4 is 28.3 Å². The van der Waals surface area contributed by atoms with Crippen LogP contribution in [0.1, 0.15) is 48.6 Å². The van der Waals surface area contributed by atoms with E-state index in [2.05, 4.69) is 15.5 Å². The number of rotatable bonds is 6. The summed E-state index contributed by atoms with van der Waals surface area (Å²) in [6.07, 6.45) is 4.99. The molecule has 2 aliphatic rings. The molecule has 8 heteroatoms. The van der Waals surface area contributed by atoms with Gasteiger partial charge in [-0.2, -0.15) is 0 Å². The number of benzene rings is 1. The van der Waals surface area contributed by atoms with Gasteiger partial charge >= 0.3 is 0 Å². The van der Waals surface area contributed by atoms with Crippen LogP contribution >= 0.6 is 11.3 Å². The summed E-state index contributed by atoms with van der Waals surface area (Å²) in [7, 11) is 1.61. The van der Waals surface area contributed by atoms with Crippen molar-refractivity contribution in [2.75, 3.05) is 19.0 Å². The molecule has 0 bridgehead atoms. The Morgan fingerprint density at radius 2 is 2.07 bits per heavy atom. The number of nitrogens with zero attached hydrogens (tertiary/aromatic N) is 3. The van der Waals surface area contributed by atoms with Gasteiger partial charge in [-0.15, -0.1) is 10.2 Å². The van der Waals surface area contributed by atoms with Crippen molar-refractivity contribution in [2.45, 2.75) is 44.6 Å². The lowest BCUT2D eigenvalue weighted by atomic mass is 10.1. The van der Waals surface area contributed by atoms with Crippen molar-refractivity contribution in [3.63, 3.8) is 0 Å². The number of para-hydroxylation sites is 1. The first-order chi connectivity index (χ1) is 13.6. The monoisotopic (exact) mass is 400 g/mol. The van der Waals surface area contributed by atoms with Crippen molar-refractivity contribution in [3.05, 3.63) is 34.8 Å². The van der Waals surface area contributed by atoms with Crippen LogP contribution in [0, 0.1) is 5.92 Å². The average Bonchev–Trinajstić information content (AvgIpc) is 3.44. The number of carbonyl (C=O) groups excluding carboxylic acids is 2. The highest BCUT2D eigenvalue weighted by Gasteiger charge is 2.35. The van der Waals surface area contributed by atoms with E-state index in [1.54, 1.807) is 12.0 Å². The normalized spacial score (nSPS) is 20.0. The van der Waals surface area contributed by atoms with Gasteiger partial charge in [0.15, 0.2) is 0 Å². The van der Waals surface area contributed by atoms with Crippen LogP contribution in [0.25, 0.3) is 0 Å². The zero-order valence-electron chi connectivity index (χ0n) is 15.9. The van der Waals surface area contributed by atoms with Gasteiger partial charge in [0.2, 0.25) is 16.9 Å². The maximum absolute atomic E-state index is 12.6. The van der Waals surface area contributed by atoms with Gasteiger partial charge in [0, 0.05) is 31.0 Å². The van der Waals surface area contributed by atoms with Crippen LogP contribution in [0.15, 0.2) is 24.3 Å². The fourth-order valence-corrected chi connectivity index (χ4v) is 4.89. The standard InChI is InChI=1S/C20H24N4O3S/c1-27-16-9-5-4-8-14(16)11-24-12-15(10-17(24)25)18(26)21-20-23-22-19(28-20)13-6-2-3-7-13/h4-5,8-9,13,15H,2-3,6-7,10-12H2,1H3,(H,21,23,26). The van der Waals surface area contributed by atoms with Crippen LogP contribution in [0.2, 0.25) is 0 Å².